The van der Waals surface area contributed by atoms with Crippen molar-refractivity contribution in [2.24, 2.45) is 11.1 Å². The fraction of sp³-hybridized carbons (Fsp3) is 0.923. The fourth-order valence-corrected chi connectivity index (χ4v) is 1.58. The van der Waals surface area contributed by atoms with Crippen LogP contribution in [0.4, 0.5) is 0 Å². The topological polar surface area (TPSA) is 59.1 Å². The normalized spacial score (nSPS) is 13.8. The van der Waals surface area contributed by atoms with Gasteiger partial charge in [0.05, 0.1) is 11.9 Å². The minimum Gasteiger partial charge on any atom is -0.387 e. The summed E-state index contributed by atoms with van der Waals surface area (Å²) in [5.41, 5.74) is 5.37. The van der Waals surface area contributed by atoms with Crippen molar-refractivity contribution in [3.63, 3.8) is 0 Å². The zero-order valence-corrected chi connectivity index (χ0v) is 11.3. The Morgan fingerprint density at radius 2 is 2.00 bits per heavy atom. The molecule has 0 amide bonds. The number of ether oxygens (including phenoxy) is 1. The molecule has 0 radical (unpaired) electrons. The molecule has 1 unspecified atom stereocenters. The number of nitrogens with one attached hydrogen (secondary N) is 1. The quantitative estimate of drug-likeness (QED) is 0.361. The Morgan fingerprint density at radius 3 is 2.50 bits per heavy atom. The lowest BCUT2D eigenvalue weighted by molar-refractivity contribution is 0.0564. The third kappa shape index (κ3) is 6.83. The Balaban J connectivity index is 3.50. The fourth-order valence-electron chi connectivity index (χ4n) is 1.58. The largest absolute Gasteiger partial charge is 0.387 e. The molecule has 0 fully saturated rings. The van der Waals surface area contributed by atoms with Gasteiger partial charge in [-0.05, 0) is 26.2 Å². The molecule has 0 saturated carbocycles. The Kier molecular flexibility index (Phi) is 7.39. The number of nitrogens with two attached hydrogens (primary N) is 1. The molecule has 0 aromatic carbocycles. The van der Waals surface area contributed by atoms with E-state index < -0.39 is 0 Å². The summed E-state index contributed by atoms with van der Waals surface area (Å²) in [6.07, 6.45) is 5.80. The average Bonchev–Trinajstić information content (AvgIpc) is 2.17. The van der Waals surface area contributed by atoms with Crippen LogP contribution in [0.1, 0.15) is 59.8 Å². The lowest BCUT2D eigenvalue weighted by atomic mass is 9.86. The van der Waals surface area contributed by atoms with Crippen LogP contribution in [0.25, 0.3) is 0 Å². The first-order valence-electron chi connectivity index (χ1n) is 6.36. The van der Waals surface area contributed by atoms with Gasteiger partial charge in [0, 0.05) is 12.0 Å². The first-order valence-corrected chi connectivity index (χ1v) is 6.36. The molecule has 0 aromatic heterocycles. The van der Waals surface area contributed by atoms with Gasteiger partial charge in [-0.1, -0.05) is 33.6 Å². The molecule has 1 atom stereocenters. The summed E-state index contributed by atoms with van der Waals surface area (Å²) in [6, 6.07) is 0. The molecule has 0 saturated heterocycles. The van der Waals surface area contributed by atoms with Gasteiger partial charge in [-0.25, -0.2) is 0 Å². The molecule has 0 aliphatic rings. The lowest BCUT2D eigenvalue weighted by Crippen LogP contribution is -2.30. The van der Waals surface area contributed by atoms with Gasteiger partial charge in [-0.15, -0.1) is 0 Å². The summed E-state index contributed by atoms with van der Waals surface area (Å²) in [4.78, 5) is 0. The molecule has 0 aliphatic carbocycles. The second-order valence-electron chi connectivity index (χ2n) is 5.22. The summed E-state index contributed by atoms with van der Waals surface area (Å²) < 4.78 is 5.67. The summed E-state index contributed by atoms with van der Waals surface area (Å²) in [7, 11) is 0. The van der Waals surface area contributed by atoms with Gasteiger partial charge in [0.2, 0.25) is 0 Å². The SMILES string of the molecule is CCCC(C)OCCCCC(C)(C)C(=N)N. The van der Waals surface area contributed by atoms with Crippen molar-refractivity contribution < 1.29 is 4.74 Å². The van der Waals surface area contributed by atoms with Crippen LogP contribution in [0, 0.1) is 10.8 Å². The van der Waals surface area contributed by atoms with Crippen LogP contribution in [0.15, 0.2) is 0 Å². The third-order valence-electron chi connectivity index (χ3n) is 3.02. The minimum absolute atomic E-state index is 0.158. The summed E-state index contributed by atoms with van der Waals surface area (Å²) >= 11 is 0. The van der Waals surface area contributed by atoms with Crippen molar-refractivity contribution >= 4 is 5.84 Å². The smallest absolute Gasteiger partial charge is 0.0963 e. The van der Waals surface area contributed by atoms with Crippen LogP contribution in [0.2, 0.25) is 0 Å². The Labute approximate surface area is 100 Å². The van der Waals surface area contributed by atoms with E-state index in [1.54, 1.807) is 0 Å². The standard InChI is InChI=1S/C13H28N2O/c1-5-8-11(2)16-10-7-6-9-13(3,4)12(14)15/h11H,5-10H2,1-4H3,(H3,14,15). The van der Waals surface area contributed by atoms with Crippen molar-refractivity contribution in [2.75, 3.05) is 6.61 Å². The van der Waals surface area contributed by atoms with E-state index in [1.807, 2.05) is 13.8 Å². The molecule has 96 valence electrons. The van der Waals surface area contributed by atoms with Crippen LogP contribution in [-0.2, 0) is 4.74 Å². The molecule has 0 bridgehead atoms. The van der Waals surface area contributed by atoms with Gasteiger partial charge in [0.15, 0.2) is 0 Å². The average molecular weight is 228 g/mol. The van der Waals surface area contributed by atoms with E-state index in [4.69, 9.17) is 15.9 Å². The Bertz CT molecular complexity index is 202. The summed E-state index contributed by atoms with van der Waals surface area (Å²) in [6.45, 7) is 9.18. The van der Waals surface area contributed by atoms with E-state index in [2.05, 4.69) is 13.8 Å². The zero-order chi connectivity index (χ0) is 12.6. The number of rotatable bonds is 9. The van der Waals surface area contributed by atoms with E-state index in [0.29, 0.717) is 6.10 Å². The molecule has 0 spiro atoms. The maximum Gasteiger partial charge on any atom is 0.0963 e. The van der Waals surface area contributed by atoms with Crippen LogP contribution < -0.4 is 5.73 Å². The summed E-state index contributed by atoms with van der Waals surface area (Å²) in [5, 5.41) is 7.45. The number of hydrogen-bond acceptors (Lipinski definition) is 2. The second-order valence-corrected chi connectivity index (χ2v) is 5.22. The first kappa shape index (κ1) is 15.4. The second kappa shape index (κ2) is 7.66. The van der Waals surface area contributed by atoms with Gasteiger partial charge >= 0.3 is 0 Å². The minimum atomic E-state index is -0.158. The monoisotopic (exact) mass is 228 g/mol. The molecule has 16 heavy (non-hydrogen) atoms. The predicted molar refractivity (Wildman–Crippen MR) is 69.9 cm³/mol. The van der Waals surface area contributed by atoms with Crippen LogP contribution >= 0.6 is 0 Å². The van der Waals surface area contributed by atoms with Gasteiger partial charge < -0.3 is 10.5 Å². The van der Waals surface area contributed by atoms with Crippen LogP contribution in [0.3, 0.4) is 0 Å². The summed E-state index contributed by atoms with van der Waals surface area (Å²) in [5.74, 6) is 0.285. The highest BCUT2D eigenvalue weighted by molar-refractivity contribution is 5.82. The highest BCUT2D eigenvalue weighted by Gasteiger charge is 2.20. The number of hydrogen-bond donors (Lipinski definition) is 2. The number of unbranched alkanes of at least 4 members (excludes halogenated alkanes) is 1. The molecule has 0 aliphatic heterocycles. The van der Waals surface area contributed by atoms with Gasteiger partial charge in [0.1, 0.15) is 0 Å². The van der Waals surface area contributed by atoms with Crippen molar-refractivity contribution in [3.05, 3.63) is 0 Å². The van der Waals surface area contributed by atoms with Gasteiger partial charge in [-0.3, -0.25) is 5.41 Å². The van der Waals surface area contributed by atoms with E-state index in [9.17, 15) is 0 Å². The van der Waals surface area contributed by atoms with Crippen molar-refractivity contribution in [1.29, 1.82) is 5.41 Å². The Hall–Kier alpha value is -0.570. The molecular formula is C13H28N2O. The molecule has 3 nitrogen and oxygen atoms in total. The van der Waals surface area contributed by atoms with Crippen molar-refractivity contribution in [1.82, 2.24) is 0 Å². The van der Waals surface area contributed by atoms with Crippen LogP contribution in [0.5, 0.6) is 0 Å². The third-order valence-corrected chi connectivity index (χ3v) is 3.02. The molecule has 0 rings (SSSR count). The highest BCUT2D eigenvalue weighted by atomic mass is 16.5. The van der Waals surface area contributed by atoms with Crippen LogP contribution in [-0.4, -0.2) is 18.5 Å². The molecular weight excluding hydrogens is 200 g/mol. The lowest BCUT2D eigenvalue weighted by Gasteiger charge is -2.22. The predicted octanol–water partition coefficient (Wildman–Crippen LogP) is 3.32. The molecule has 3 N–H and O–H groups in total. The van der Waals surface area contributed by atoms with E-state index in [1.165, 1.54) is 6.42 Å². The molecule has 0 aromatic rings. The highest BCUT2D eigenvalue weighted by Crippen LogP contribution is 2.22. The zero-order valence-electron chi connectivity index (χ0n) is 11.3. The van der Waals surface area contributed by atoms with Crippen molar-refractivity contribution in [3.8, 4) is 0 Å². The van der Waals surface area contributed by atoms with E-state index >= 15 is 0 Å². The number of amidine groups is 1. The Morgan fingerprint density at radius 1 is 1.38 bits per heavy atom. The molecule has 0 heterocycles. The van der Waals surface area contributed by atoms with Gasteiger partial charge in [-0.2, -0.15) is 0 Å². The van der Waals surface area contributed by atoms with E-state index in [0.717, 1.165) is 32.3 Å². The van der Waals surface area contributed by atoms with Crippen molar-refractivity contribution in [2.45, 2.75) is 65.9 Å². The first-order chi connectivity index (χ1) is 7.40. The van der Waals surface area contributed by atoms with Gasteiger partial charge in [0.25, 0.3) is 0 Å². The molecule has 3 heteroatoms. The maximum atomic E-state index is 7.45. The van der Waals surface area contributed by atoms with E-state index in [-0.39, 0.29) is 11.3 Å². The maximum absolute atomic E-state index is 7.45.